The van der Waals surface area contributed by atoms with Gasteiger partial charge in [0.05, 0.1) is 0 Å². The molecule has 0 atom stereocenters. The van der Waals surface area contributed by atoms with Crippen LogP contribution in [0.5, 0.6) is 0 Å². The van der Waals surface area contributed by atoms with Gasteiger partial charge >= 0.3 is 0 Å². The van der Waals surface area contributed by atoms with Crippen molar-refractivity contribution in [2.24, 2.45) is 0 Å². The van der Waals surface area contributed by atoms with Gasteiger partial charge in [-0.1, -0.05) is 121 Å². The zero-order chi connectivity index (χ0) is 29.6. The Bertz CT molecular complexity index is 2630. The molecule has 0 N–H and O–H groups in total. The third kappa shape index (κ3) is 3.76. The van der Waals surface area contributed by atoms with Crippen molar-refractivity contribution in [1.82, 2.24) is 0 Å². The minimum absolute atomic E-state index is 0.914. The van der Waals surface area contributed by atoms with Gasteiger partial charge in [-0.2, -0.15) is 0 Å². The molecule has 0 aliphatic rings. The molecule has 0 bridgehead atoms. The van der Waals surface area contributed by atoms with Crippen LogP contribution in [0.3, 0.4) is 0 Å². The van der Waals surface area contributed by atoms with E-state index in [4.69, 9.17) is 0 Å². The van der Waals surface area contributed by atoms with Crippen molar-refractivity contribution in [1.29, 1.82) is 0 Å². The average molecular weight is 581 g/mol. The van der Waals surface area contributed by atoms with E-state index in [2.05, 4.69) is 127 Å². The third-order valence-corrected chi connectivity index (χ3v) is 11.0. The molecule has 0 unspecified atom stereocenters. The zero-order valence-corrected chi connectivity index (χ0v) is 25.5. The van der Waals surface area contributed by atoms with E-state index in [1.54, 1.807) is 0 Å². The second kappa shape index (κ2) is 9.26. The monoisotopic (exact) mass is 580 g/mol. The highest BCUT2D eigenvalue weighted by molar-refractivity contribution is 7.70. The van der Waals surface area contributed by atoms with Gasteiger partial charge < -0.3 is 4.57 Å². The van der Waals surface area contributed by atoms with E-state index in [9.17, 15) is 4.57 Å². The molecule has 0 heterocycles. The van der Waals surface area contributed by atoms with E-state index in [1.807, 2.05) is 25.5 Å². The lowest BCUT2D eigenvalue weighted by Gasteiger charge is -2.17. The number of benzene rings is 8. The molecule has 1 nitrogen and oxygen atoms in total. The van der Waals surface area contributed by atoms with Crippen LogP contribution in [0, 0.1) is 0 Å². The van der Waals surface area contributed by atoms with Crippen LogP contribution in [0.2, 0.25) is 0 Å². The maximum absolute atomic E-state index is 12.7. The van der Waals surface area contributed by atoms with E-state index in [0.29, 0.717) is 0 Å². The van der Waals surface area contributed by atoms with Crippen molar-refractivity contribution in [3.05, 3.63) is 140 Å². The number of fused-ring (bicyclic) bond motifs is 2. The molecule has 0 amide bonds. The van der Waals surface area contributed by atoms with Crippen molar-refractivity contribution in [2.75, 3.05) is 13.3 Å². The molecule has 0 aliphatic carbocycles. The SMILES string of the molecule is CP(C)(=O)c1cccc(-c2ccc(-c3cc4ccc5cccc6c7cccc8ccc9cccc(c(c3)c4c56)c9c87)cc2)c1. The molecular weight excluding hydrogens is 551 g/mol. The van der Waals surface area contributed by atoms with Crippen LogP contribution in [0.1, 0.15) is 0 Å². The predicted molar refractivity (Wildman–Crippen MR) is 193 cm³/mol. The fourth-order valence-corrected chi connectivity index (χ4v) is 8.22. The van der Waals surface area contributed by atoms with Crippen molar-refractivity contribution in [3.8, 4) is 22.3 Å². The summed E-state index contributed by atoms with van der Waals surface area (Å²) >= 11 is 0. The summed E-state index contributed by atoms with van der Waals surface area (Å²) in [4.78, 5) is 0. The molecule has 0 aromatic heterocycles. The van der Waals surface area contributed by atoms with Crippen LogP contribution in [0.25, 0.3) is 86.9 Å². The summed E-state index contributed by atoms with van der Waals surface area (Å²) in [7, 11) is -2.33. The molecular formula is C42H29OP. The lowest BCUT2D eigenvalue weighted by Crippen LogP contribution is -2.02. The molecule has 9 aromatic carbocycles. The highest BCUT2D eigenvalue weighted by Crippen LogP contribution is 2.44. The standard InChI is InChI=1S/C42H29OP/c1-44(2,43)34-11-3-10-31(24-34)26-15-17-27(18-16-26)33-23-32-22-21-30-8-5-13-36-35-12-4-7-28-19-20-29-9-6-14-37(41(29)39(28)35)38(25-33)42(32)40(30)36/h3-25H,1-2H3. The summed E-state index contributed by atoms with van der Waals surface area (Å²) in [6.45, 7) is 3.66. The molecule has 0 spiro atoms. The van der Waals surface area contributed by atoms with Gasteiger partial charge in [0, 0.05) is 5.30 Å². The third-order valence-electron chi connectivity index (χ3n) is 9.44. The molecule has 9 rings (SSSR count). The highest BCUT2D eigenvalue weighted by Gasteiger charge is 2.16. The lowest BCUT2D eigenvalue weighted by molar-refractivity contribution is 0.588. The van der Waals surface area contributed by atoms with Crippen LogP contribution in [-0.4, -0.2) is 13.3 Å². The Balaban J connectivity index is 1.36. The Kier molecular flexibility index (Phi) is 5.37. The molecule has 0 saturated heterocycles. The Morgan fingerprint density at radius 1 is 0.364 bits per heavy atom. The largest absolute Gasteiger partial charge is 0.319 e. The second-order valence-electron chi connectivity index (χ2n) is 12.4. The minimum Gasteiger partial charge on any atom is -0.319 e. The summed E-state index contributed by atoms with van der Waals surface area (Å²) in [5, 5.41) is 16.4. The molecule has 0 radical (unpaired) electrons. The van der Waals surface area contributed by atoms with Crippen LogP contribution in [0.15, 0.2) is 140 Å². The van der Waals surface area contributed by atoms with Gasteiger partial charge in [-0.25, -0.2) is 0 Å². The summed E-state index contributed by atoms with van der Waals surface area (Å²) in [6, 6.07) is 51.0. The van der Waals surface area contributed by atoms with Crippen LogP contribution < -0.4 is 5.30 Å². The van der Waals surface area contributed by atoms with Crippen molar-refractivity contribution in [3.63, 3.8) is 0 Å². The maximum atomic E-state index is 12.7. The van der Waals surface area contributed by atoms with Crippen molar-refractivity contribution >= 4 is 77.1 Å². The van der Waals surface area contributed by atoms with E-state index >= 15 is 0 Å². The lowest BCUT2D eigenvalue weighted by atomic mass is 9.86. The Labute approximate surface area is 256 Å². The number of hydrogen-bond donors (Lipinski definition) is 0. The fourth-order valence-electron chi connectivity index (χ4n) is 7.33. The van der Waals surface area contributed by atoms with E-state index in [-0.39, 0.29) is 0 Å². The van der Waals surface area contributed by atoms with E-state index in [0.717, 1.165) is 16.4 Å². The number of hydrogen-bond acceptors (Lipinski definition) is 1. The first-order chi connectivity index (χ1) is 21.4. The first-order valence-corrected chi connectivity index (χ1v) is 17.8. The van der Waals surface area contributed by atoms with Gasteiger partial charge in [0.1, 0.15) is 7.14 Å². The molecule has 0 saturated carbocycles. The van der Waals surface area contributed by atoms with Crippen molar-refractivity contribution < 1.29 is 4.57 Å². The summed E-state index contributed by atoms with van der Waals surface area (Å²) in [6.07, 6.45) is 0. The van der Waals surface area contributed by atoms with Crippen LogP contribution in [-0.2, 0) is 4.57 Å². The minimum atomic E-state index is -2.33. The fraction of sp³-hybridized carbons (Fsp3) is 0.0476. The molecule has 2 heteroatoms. The molecule has 208 valence electrons. The Hall–Kier alpha value is -4.97. The zero-order valence-electron chi connectivity index (χ0n) is 24.6. The normalized spacial score (nSPS) is 12.4. The van der Waals surface area contributed by atoms with Gasteiger partial charge in [0.15, 0.2) is 0 Å². The summed E-state index contributed by atoms with van der Waals surface area (Å²) in [5.41, 5.74) is 4.61. The summed E-state index contributed by atoms with van der Waals surface area (Å²) in [5.74, 6) is 0. The highest BCUT2D eigenvalue weighted by atomic mass is 31.2. The Morgan fingerprint density at radius 2 is 0.818 bits per heavy atom. The maximum Gasteiger partial charge on any atom is 0.109 e. The predicted octanol–water partition coefficient (Wildman–Crippen LogP) is 11.6. The molecule has 9 aromatic rings. The summed E-state index contributed by atoms with van der Waals surface area (Å²) < 4.78 is 12.7. The second-order valence-corrected chi connectivity index (χ2v) is 15.7. The first-order valence-electron chi connectivity index (χ1n) is 15.2. The molecule has 44 heavy (non-hydrogen) atoms. The smallest absolute Gasteiger partial charge is 0.109 e. The van der Waals surface area contributed by atoms with Gasteiger partial charge in [-0.05, 0) is 118 Å². The quantitative estimate of drug-likeness (QED) is 0.150. The van der Waals surface area contributed by atoms with Crippen molar-refractivity contribution in [2.45, 2.75) is 0 Å². The van der Waals surface area contributed by atoms with Gasteiger partial charge in [0.25, 0.3) is 0 Å². The van der Waals surface area contributed by atoms with Crippen LogP contribution >= 0.6 is 7.14 Å². The molecule has 0 fully saturated rings. The van der Waals surface area contributed by atoms with Gasteiger partial charge in [-0.3, -0.25) is 0 Å². The Morgan fingerprint density at radius 3 is 1.36 bits per heavy atom. The topological polar surface area (TPSA) is 17.1 Å². The number of rotatable bonds is 3. The van der Waals surface area contributed by atoms with Gasteiger partial charge in [-0.15, -0.1) is 0 Å². The first kappa shape index (κ1) is 25.5. The van der Waals surface area contributed by atoms with Gasteiger partial charge in [0.2, 0.25) is 0 Å². The van der Waals surface area contributed by atoms with E-state index in [1.165, 1.54) is 75.8 Å². The average Bonchev–Trinajstić information content (AvgIpc) is 3.06. The molecule has 0 aliphatic heterocycles. The van der Waals surface area contributed by atoms with Crippen LogP contribution in [0.4, 0.5) is 0 Å². The van der Waals surface area contributed by atoms with E-state index < -0.39 is 7.14 Å².